The summed E-state index contributed by atoms with van der Waals surface area (Å²) < 4.78 is 61.7. The van der Waals surface area contributed by atoms with Crippen molar-refractivity contribution >= 4 is 10.1 Å². The molecule has 0 aromatic rings. The van der Waals surface area contributed by atoms with E-state index in [0.717, 1.165) is 19.3 Å². The topological polar surface area (TPSA) is 83.8 Å². The van der Waals surface area contributed by atoms with E-state index in [-0.39, 0.29) is 0 Å². The van der Waals surface area contributed by atoms with Crippen LogP contribution in [-0.2, 0) is 14.9 Å². The van der Waals surface area contributed by atoms with Gasteiger partial charge in [-0.25, -0.2) is 0 Å². The molecule has 2 N–H and O–H groups in total. The predicted octanol–water partition coefficient (Wildman–Crippen LogP) is 1.77. The molecule has 4 bridgehead atoms. The molecule has 20 heavy (non-hydrogen) atoms. The summed E-state index contributed by atoms with van der Waals surface area (Å²) in [5, 5.41) is 4.76. The predicted molar refractivity (Wildman–Crippen MR) is 64.5 cm³/mol. The van der Waals surface area contributed by atoms with E-state index >= 15 is 0 Å². The minimum Gasteiger partial charge on any atom is -0.362 e. The molecule has 8 heteroatoms. The largest absolute Gasteiger partial charge is 0.418 e. The molecule has 4 saturated carbocycles. The summed E-state index contributed by atoms with van der Waals surface area (Å²) in [4.78, 5) is 0. The van der Waals surface area contributed by atoms with Crippen molar-refractivity contribution in [2.45, 2.75) is 55.7 Å². The van der Waals surface area contributed by atoms with Crippen LogP contribution in [0.1, 0.15) is 38.5 Å². The molecule has 1 atom stereocenters. The van der Waals surface area contributed by atoms with Gasteiger partial charge in [0, 0.05) is 0 Å². The van der Waals surface area contributed by atoms with Crippen LogP contribution in [0, 0.1) is 17.8 Å². The number of rotatable bonds is 4. The molecular weight excluding hydrogens is 294 g/mol. The van der Waals surface area contributed by atoms with Crippen molar-refractivity contribution in [3.63, 3.8) is 0 Å². The summed E-state index contributed by atoms with van der Waals surface area (Å²) in [5.41, 5.74) is -0.859. The standard InChI is InChI=1S/C12H18F2O5S/c13-12(14,20(16,17)18)10(15)19-11-4-7-1-8(5-11)3-9(2-7)6-11/h7-10,15H,1-6H2,(H,16,17,18). The molecule has 0 aromatic heterocycles. The molecule has 0 heterocycles. The second-order valence-corrected chi connectivity index (χ2v) is 8.10. The summed E-state index contributed by atoms with van der Waals surface area (Å²) in [5.74, 6) is 1.23. The Kier molecular flexibility index (Phi) is 3.18. The number of hydrogen-bond donors (Lipinski definition) is 2. The van der Waals surface area contributed by atoms with Crippen LogP contribution in [-0.4, -0.2) is 35.2 Å². The third-order valence-corrected chi connectivity index (χ3v) is 5.86. The van der Waals surface area contributed by atoms with Gasteiger partial charge in [0.2, 0.25) is 6.29 Å². The summed E-state index contributed by atoms with van der Waals surface area (Å²) in [6.07, 6.45) is 2.11. The number of ether oxygens (including phenoxy) is 1. The van der Waals surface area contributed by atoms with Gasteiger partial charge in [-0.15, -0.1) is 0 Å². The van der Waals surface area contributed by atoms with Crippen molar-refractivity contribution in [1.29, 1.82) is 0 Å². The van der Waals surface area contributed by atoms with Crippen molar-refractivity contribution in [2.75, 3.05) is 0 Å². The summed E-state index contributed by atoms with van der Waals surface area (Å²) in [7, 11) is -5.69. The fourth-order valence-electron chi connectivity index (χ4n) is 4.61. The van der Waals surface area contributed by atoms with Gasteiger partial charge >= 0.3 is 15.4 Å². The number of alkyl halides is 2. The monoisotopic (exact) mass is 312 g/mol. The maximum atomic E-state index is 13.4. The summed E-state index contributed by atoms with van der Waals surface area (Å²) >= 11 is 0. The van der Waals surface area contributed by atoms with Crippen LogP contribution in [0.3, 0.4) is 0 Å². The van der Waals surface area contributed by atoms with Crippen molar-refractivity contribution in [3.05, 3.63) is 0 Å². The lowest BCUT2D eigenvalue weighted by Gasteiger charge is -2.56. The van der Waals surface area contributed by atoms with Crippen molar-refractivity contribution < 1.29 is 31.6 Å². The molecule has 0 saturated heterocycles. The highest BCUT2D eigenvalue weighted by Gasteiger charge is 2.58. The highest BCUT2D eigenvalue weighted by molar-refractivity contribution is 7.86. The quantitative estimate of drug-likeness (QED) is 0.610. The molecule has 0 amide bonds. The van der Waals surface area contributed by atoms with Crippen LogP contribution in [0.15, 0.2) is 0 Å². The Morgan fingerprint density at radius 1 is 1.10 bits per heavy atom. The Balaban J connectivity index is 1.78. The van der Waals surface area contributed by atoms with Gasteiger partial charge in [0.05, 0.1) is 5.60 Å². The van der Waals surface area contributed by atoms with E-state index in [1.807, 2.05) is 0 Å². The van der Waals surface area contributed by atoms with E-state index in [9.17, 15) is 22.3 Å². The Morgan fingerprint density at radius 3 is 1.85 bits per heavy atom. The average Bonchev–Trinajstić information content (AvgIpc) is 2.24. The van der Waals surface area contributed by atoms with Crippen molar-refractivity contribution in [1.82, 2.24) is 0 Å². The SMILES string of the molecule is O=S(=O)(O)C(F)(F)C(O)OC12CC3CC(CC(C3)C1)C2. The lowest BCUT2D eigenvalue weighted by atomic mass is 9.54. The van der Waals surface area contributed by atoms with Gasteiger partial charge in [-0.3, -0.25) is 4.55 Å². The summed E-state index contributed by atoms with van der Waals surface area (Å²) in [6.45, 7) is 0. The Labute approximate surface area is 116 Å². The molecule has 116 valence electrons. The van der Waals surface area contributed by atoms with E-state index in [1.54, 1.807) is 0 Å². The molecule has 0 radical (unpaired) electrons. The average molecular weight is 312 g/mol. The van der Waals surface area contributed by atoms with Crippen molar-refractivity contribution in [3.8, 4) is 0 Å². The van der Waals surface area contributed by atoms with Crippen LogP contribution >= 0.6 is 0 Å². The maximum Gasteiger partial charge on any atom is 0.418 e. The van der Waals surface area contributed by atoms with Gasteiger partial charge < -0.3 is 9.84 Å². The number of aliphatic hydroxyl groups is 1. The molecule has 1 unspecified atom stereocenters. The van der Waals surface area contributed by atoms with Crippen LogP contribution in [0.5, 0.6) is 0 Å². The Morgan fingerprint density at radius 2 is 1.50 bits per heavy atom. The normalized spacial score (nSPS) is 41.9. The van der Waals surface area contributed by atoms with Crippen LogP contribution in [0.25, 0.3) is 0 Å². The highest BCUT2D eigenvalue weighted by Crippen LogP contribution is 2.57. The molecule has 0 aromatic carbocycles. The molecule has 4 rings (SSSR count). The van der Waals surface area contributed by atoms with E-state index in [0.29, 0.717) is 37.0 Å². The zero-order valence-electron chi connectivity index (χ0n) is 10.8. The smallest absolute Gasteiger partial charge is 0.362 e. The lowest BCUT2D eigenvalue weighted by molar-refractivity contribution is -0.283. The van der Waals surface area contributed by atoms with Crippen LogP contribution < -0.4 is 0 Å². The first-order chi connectivity index (χ1) is 9.11. The van der Waals surface area contributed by atoms with E-state index < -0.39 is 27.3 Å². The molecule has 4 aliphatic carbocycles. The number of halogens is 2. The van der Waals surface area contributed by atoms with Gasteiger partial charge in [0.1, 0.15) is 0 Å². The minimum atomic E-state index is -5.69. The molecule has 0 spiro atoms. The second-order valence-electron chi connectivity index (χ2n) is 6.61. The van der Waals surface area contributed by atoms with Gasteiger partial charge in [-0.2, -0.15) is 17.2 Å². The first kappa shape index (κ1) is 14.6. The first-order valence-electron chi connectivity index (χ1n) is 6.82. The molecule has 0 aliphatic heterocycles. The molecule has 4 aliphatic rings. The number of aliphatic hydroxyl groups excluding tert-OH is 1. The highest BCUT2D eigenvalue weighted by atomic mass is 32.2. The third kappa shape index (κ3) is 2.26. The van der Waals surface area contributed by atoms with E-state index in [4.69, 9.17) is 9.29 Å². The molecule has 4 fully saturated rings. The number of hydrogen-bond acceptors (Lipinski definition) is 4. The summed E-state index contributed by atoms with van der Waals surface area (Å²) in [6, 6.07) is 0. The third-order valence-electron chi connectivity index (χ3n) is 4.98. The Hall–Kier alpha value is -0.310. The van der Waals surface area contributed by atoms with Crippen LogP contribution in [0.2, 0.25) is 0 Å². The fraction of sp³-hybridized carbons (Fsp3) is 1.00. The van der Waals surface area contributed by atoms with Crippen LogP contribution in [0.4, 0.5) is 8.78 Å². The Bertz CT molecular complexity index is 469. The van der Waals surface area contributed by atoms with Gasteiger partial charge in [-0.05, 0) is 56.3 Å². The van der Waals surface area contributed by atoms with Gasteiger partial charge in [-0.1, -0.05) is 0 Å². The molecule has 5 nitrogen and oxygen atoms in total. The van der Waals surface area contributed by atoms with E-state index in [2.05, 4.69) is 0 Å². The zero-order valence-corrected chi connectivity index (χ0v) is 11.7. The van der Waals surface area contributed by atoms with Gasteiger partial charge in [0.15, 0.2) is 0 Å². The maximum absolute atomic E-state index is 13.4. The van der Waals surface area contributed by atoms with Gasteiger partial charge in [0.25, 0.3) is 0 Å². The second kappa shape index (κ2) is 4.34. The fourth-order valence-corrected chi connectivity index (χ4v) is 4.91. The molecular formula is C12H18F2O5S. The zero-order chi connectivity index (χ0) is 14.8. The lowest BCUT2D eigenvalue weighted by Crippen LogP contribution is -2.56. The van der Waals surface area contributed by atoms with Crippen molar-refractivity contribution in [2.24, 2.45) is 17.8 Å². The minimum absolute atomic E-state index is 0.410. The van der Waals surface area contributed by atoms with E-state index in [1.165, 1.54) is 0 Å². The first-order valence-corrected chi connectivity index (χ1v) is 8.26.